The molecule has 3 saturated heterocycles. The van der Waals surface area contributed by atoms with Crippen molar-refractivity contribution >= 4 is 29.9 Å². The van der Waals surface area contributed by atoms with Crippen LogP contribution in [-0.2, 0) is 0 Å². The lowest BCUT2D eigenvalue weighted by Crippen LogP contribution is -2.64. The Balaban J connectivity index is 0.00000243. The van der Waals surface area contributed by atoms with Gasteiger partial charge >= 0.3 is 0 Å². The largest absolute Gasteiger partial charge is 0.489 e. The molecule has 3 fully saturated rings. The molecule has 0 radical (unpaired) electrons. The third-order valence-corrected chi connectivity index (χ3v) is 5.10. The minimum atomic E-state index is 0. The summed E-state index contributed by atoms with van der Waals surface area (Å²) in [6.07, 6.45) is 0.0696. The SMILES string of the molecule is CN=C(NCC(C)Oc1ccccc1C)NCC1CN2CCN1CC2.I. The van der Waals surface area contributed by atoms with Crippen LogP contribution in [0, 0.1) is 6.92 Å². The van der Waals surface area contributed by atoms with Crippen LogP contribution in [0.5, 0.6) is 5.75 Å². The zero-order chi connectivity index (χ0) is 17.6. The molecule has 0 saturated carbocycles. The third-order valence-electron chi connectivity index (χ3n) is 5.10. The molecule has 3 heterocycles. The molecular weight excluding hydrogens is 441 g/mol. The van der Waals surface area contributed by atoms with Gasteiger partial charge < -0.3 is 15.4 Å². The summed E-state index contributed by atoms with van der Waals surface area (Å²) in [6.45, 7) is 11.8. The van der Waals surface area contributed by atoms with Crippen LogP contribution in [0.2, 0.25) is 0 Å². The van der Waals surface area contributed by atoms with Gasteiger partial charge in [-0.25, -0.2) is 0 Å². The number of fused-ring (bicyclic) bond motifs is 3. The normalized spacial score (nSPS) is 26.0. The maximum Gasteiger partial charge on any atom is 0.191 e. The van der Waals surface area contributed by atoms with Crippen LogP contribution in [0.4, 0.5) is 0 Å². The molecular formula is C19H32IN5O. The molecule has 3 aliphatic rings. The van der Waals surface area contributed by atoms with Gasteiger partial charge in [0.25, 0.3) is 0 Å². The molecule has 2 bridgehead atoms. The Morgan fingerprint density at radius 1 is 1.23 bits per heavy atom. The Morgan fingerprint density at radius 2 is 1.96 bits per heavy atom. The molecule has 146 valence electrons. The van der Waals surface area contributed by atoms with Gasteiger partial charge in [-0.1, -0.05) is 18.2 Å². The number of hydrogen-bond acceptors (Lipinski definition) is 4. The molecule has 2 atom stereocenters. The van der Waals surface area contributed by atoms with E-state index in [-0.39, 0.29) is 30.1 Å². The number of hydrogen-bond donors (Lipinski definition) is 2. The quantitative estimate of drug-likeness (QED) is 0.373. The molecule has 0 amide bonds. The molecule has 2 unspecified atom stereocenters. The van der Waals surface area contributed by atoms with Gasteiger partial charge in [-0.2, -0.15) is 0 Å². The van der Waals surface area contributed by atoms with Crippen molar-refractivity contribution in [3.8, 4) is 5.75 Å². The number of aryl methyl sites for hydroxylation is 1. The summed E-state index contributed by atoms with van der Waals surface area (Å²) in [4.78, 5) is 9.48. The van der Waals surface area contributed by atoms with E-state index in [1.807, 2.05) is 25.2 Å². The second-order valence-corrected chi connectivity index (χ2v) is 7.02. The Kier molecular flexibility index (Phi) is 8.43. The van der Waals surface area contributed by atoms with Crippen LogP contribution in [0.15, 0.2) is 29.3 Å². The molecule has 7 heteroatoms. The van der Waals surface area contributed by atoms with E-state index in [0.717, 1.165) is 30.4 Å². The Morgan fingerprint density at radius 3 is 2.58 bits per heavy atom. The van der Waals surface area contributed by atoms with Gasteiger partial charge in [0, 0.05) is 52.4 Å². The fourth-order valence-electron chi connectivity index (χ4n) is 3.54. The van der Waals surface area contributed by atoms with Crippen molar-refractivity contribution in [1.82, 2.24) is 20.4 Å². The highest BCUT2D eigenvalue weighted by Gasteiger charge is 2.31. The van der Waals surface area contributed by atoms with E-state index in [9.17, 15) is 0 Å². The molecule has 4 rings (SSSR count). The molecule has 2 N–H and O–H groups in total. The number of halogens is 1. The smallest absolute Gasteiger partial charge is 0.191 e. The summed E-state index contributed by atoms with van der Waals surface area (Å²) in [5.74, 6) is 1.79. The van der Waals surface area contributed by atoms with Crippen molar-refractivity contribution < 1.29 is 4.74 Å². The van der Waals surface area contributed by atoms with Gasteiger partial charge in [0.15, 0.2) is 5.96 Å². The van der Waals surface area contributed by atoms with Gasteiger partial charge in [-0.15, -0.1) is 24.0 Å². The first kappa shape index (κ1) is 21.2. The molecule has 26 heavy (non-hydrogen) atoms. The average Bonchev–Trinajstić information content (AvgIpc) is 2.65. The van der Waals surface area contributed by atoms with E-state index < -0.39 is 0 Å². The zero-order valence-electron chi connectivity index (χ0n) is 16.1. The number of aliphatic imine (C=N–C) groups is 1. The fraction of sp³-hybridized carbons (Fsp3) is 0.632. The van der Waals surface area contributed by atoms with Crippen molar-refractivity contribution in [3.63, 3.8) is 0 Å². The highest BCUT2D eigenvalue weighted by molar-refractivity contribution is 14.0. The first-order valence-electron chi connectivity index (χ1n) is 9.29. The van der Waals surface area contributed by atoms with Crippen LogP contribution in [0.25, 0.3) is 0 Å². The second kappa shape index (κ2) is 10.3. The van der Waals surface area contributed by atoms with Crippen LogP contribution >= 0.6 is 24.0 Å². The van der Waals surface area contributed by atoms with E-state index in [0.29, 0.717) is 12.6 Å². The van der Waals surface area contributed by atoms with E-state index in [2.05, 4.69) is 45.3 Å². The van der Waals surface area contributed by atoms with Crippen LogP contribution in [-0.4, -0.2) is 80.8 Å². The summed E-state index contributed by atoms with van der Waals surface area (Å²) in [5.41, 5.74) is 1.16. The number of piperazine rings is 3. The van der Waals surface area contributed by atoms with E-state index in [1.54, 1.807) is 0 Å². The summed E-state index contributed by atoms with van der Waals surface area (Å²) in [6, 6.07) is 8.70. The molecule has 3 aliphatic heterocycles. The van der Waals surface area contributed by atoms with Gasteiger partial charge in [-0.3, -0.25) is 14.8 Å². The summed E-state index contributed by atoms with van der Waals surface area (Å²) < 4.78 is 6.01. The maximum atomic E-state index is 6.01. The van der Waals surface area contributed by atoms with Crippen molar-refractivity contribution in [2.24, 2.45) is 4.99 Å². The first-order valence-corrected chi connectivity index (χ1v) is 9.29. The lowest BCUT2D eigenvalue weighted by molar-refractivity contribution is 0.0154. The Labute approximate surface area is 174 Å². The fourth-order valence-corrected chi connectivity index (χ4v) is 3.54. The minimum Gasteiger partial charge on any atom is -0.489 e. The number of rotatable bonds is 6. The molecule has 1 aromatic carbocycles. The molecule has 0 spiro atoms. The predicted molar refractivity (Wildman–Crippen MR) is 118 cm³/mol. The van der Waals surface area contributed by atoms with Crippen LogP contribution < -0.4 is 15.4 Å². The predicted octanol–water partition coefficient (Wildman–Crippen LogP) is 1.55. The lowest BCUT2D eigenvalue weighted by Gasteiger charge is -2.47. The number of benzene rings is 1. The topological polar surface area (TPSA) is 52.1 Å². The number of para-hydroxylation sites is 1. The average molecular weight is 473 g/mol. The van der Waals surface area contributed by atoms with E-state index in [4.69, 9.17) is 4.74 Å². The maximum absolute atomic E-state index is 6.01. The number of nitrogens with zero attached hydrogens (tertiary/aromatic N) is 3. The van der Waals surface area contributed by atoms with Crippen molar-refractivity contribution in [3.05, 3.63) is 29.8 Å². The van der Waals surface area contributed by atoms with Crippen LogP contribution in [0.3, 0.4) is 0 Å². The van der Waals surface area contributed by atoms with Gasteiger partial charge in [0.05, 0.1) is 6.54 Å². The molecule has 0 aliphatic carbocycles. The van der Waals surface area contributed by atoms with Gasteiger partial charge in [-0.05, 0) is 25.5 Å². The second-order valence-electron chi connectivity index (χ2n) is 7.02. The van der Waals surface area contributed by atoms with E-state index >= 15 is 0 Å². The van der Waals surface area contributed by atoms with E-state index in [1.165, 1.54) is 26.2 Å². The lowest BCUT2D eigenvalue weighted by atomic mass is 10.1. The van der Waals surface area contributed by atoms with Gasteiger partial charge in [0.1, 0.15) is 11.9 Å². The van der Waals surface area contributed by atoms with Crippen molar-refractivity contribution in [2.45, 2.75) is 26.0 Å². The standard InChI is InChI=1S/C19H31N5O.HI/c1-15-6-4-5-7-18(15)25-16(2)12-21-19(20-3)22-13-17-14-23-8-10-24(17)11-9-23;/h4-7,16-17H,8-14H2,1-3H3,(H2,20,21,22);1H. The summed E-state index contributed by atoms with van der Waals surface area (Å²) >= 11 is 0. The van der Waals surface area contributed by atoms with Crippen molar-refractivity contribution in [1.29, 1.82) is 0 Å². The number of guanidine groups is 1. The number of ether oxygens (including phenoxy) is 1. The minimum absolute atomic E-state index is 0. The molecule has 0 aromatic heterocycles. The van der Waals surface area contributed by atoms with Crippen molar-refractivity contribution in [2.75, 3.05) is 52.9 Å². The summed E-state index contributed by atoms with van der Waals surface area (Å²) in [7, 11) is 1.82. The molecule has 1 aromatic rings. The van der Waals surface area contributed by atoms with Crippen LogP contribution in [0.1, 0.15) is 12.5 Å². The third kappa shape index (κ3) is 5.72. The zero-order valence-corrected chi connectivity index (χ0v) is 18.4. The Hall–Kier alpha value is -1.06. The highest BCUT2D eigenvalue weighted by atomic mass is 127. The number of nitrogens with one attached hydrogen (secondary N) is 2. The highest BCUT2D eigenvalue weighted by Crippen LogP contribution is 2.17. The Bertz CT molecular complexity index is 589. The summed E-state index contributed by atoms with van der Waals surface area (Å²) in [5, 5.41) is 6.84. The molecule has 6 nitrogen and oxygen atoms in total. The van der Waals surface area contributed by atoms with Gasteiger partial charge in [0.2, 0.25) is 0 Å². The first-order chi connectivity index (χ1) is 12.2. The monoisotopic (exact) mass is 473 g/mol.